The fourth-order valence-corrected chi connectivity index (χ4v) is 2.31. The number of carbonyl (C=O) groups excluding carboxylic acids is 1. The van der Waals surface area contributed by atoms with E-state index in [1.165, 1.54) is 18.2 Å². The molecule has 3 N–H and O–H groups in total. The summed E-state index contributed by atoms with van der Waals surface area (Å²) in [6.45, 7) is -0.306. The van der Waals surface area contributed by atoms with Crippen LogP contribution in [0.2, 0.25) is 5.02 Å². The van der Waals surface area contributed by atoms with Gasteiger partial charge in [-0.15, -0.1) is 0 Å². The number of amides is 1. The van der Waals surface area contributed by atoms with Gasteiger partial charge in [0, 0.05) is 10.9 Å². The normalized spacial score (nSPS) is 12.2. The third kappa shape index (κ3) is 2.81. The zero-order valence-electron chi connectivity index (χ0n) is 10.5. The van der Waals surface area contributed by atoms with Gasteiger partial charge in [-0.25, -0.2) is 4.39 Å². The van der Waals surface area contributed by atoms with E-state index in [9.17, 15) is 14.3 Å². The predicted octanol–water partition coefficient (Wildman–Crippen LogP) is 2.70. The van der Waals surface area contributed by atoms with E-state index in [4.69, 9.17) is 17.3 Å². The second kappa shape index (κ2) is 6.03. The van der Waals surface area contributed by atoms with Crippen molar-refractivity contribution in [3.63, 3.8) is 0 Å². The minimum absolute atomic E-state index is 0.192. The molecule has 104 valence electrons. The fraction of sp³-hybridized carbons (Fsp3) is 0.133. The third-order valence-corrected chi connectivity index (χ3v) is 3.34. The number of halogens is 2. The van der Waals surface area contributed by atoms with Gasteiger partial charge in [0.25, 0.3) is 5.91 Å². The van der Waals surface area contributed by atoms with Gasteiger partial charge in [0.1, 0.15) is 5.82 Å². The predicted molar refractivity (Wildman–Crippen MR) is 75.3 cm³/mol. The van der Waals surface area contributed by atoms with E-state index < -0.39 is 17.6 Å². The molecule has 0 aliphatic rings. The molecule has 0 aliphatic heterocycles. The second-order valence-electron chi connectivity index (χ2n) is 4.36. The molecule has 1 amide bonds. The van der Waals surface area contributed by atoms with E-state index in [1.807, 2.05) is 0 Å². The average molecular weight is 294 g/mol. The molecule has 3 nitrogen and oxygen atoms in total. The lowest BCUT2D eigenvalue weighted by atomic mass is 9.90. The Morgan fingerprint density at radius 3 is 2.60 bits per heavy atom. The van der Waals surface area contributed by atoms with E-state index in [-0.39, 0.29) is 17.7 Å². The molecule has 0 fully saturated rings. The van der Waals surface area contributed by atoms with E-state index in [0.717, 1.165) is 0 Å². The maximum atomic E-state index is 14.3. The Morgan fingerprint density at radius 1 is 1.30 bits per heavy atom. The Kier molecular flexibility index (Phi) is 4.37. The van der Waals surface area contributed by atoms with Crippen LogP contribution in [0.1, 0.15) is 27.4 Å². The number of hydrogen-bond acceptors (Lipinski definition) is 2. The lowest BCUT2D eigenvalue weighted by Crippen LogP contribution is -2.16. The standard InChI is InChI=1S/C15H13ClFNO2/c16-10-4-1-3-9(7-10)13(8-19)11-5-2-6-12(14(11)17)15(18)20/h1-7,13,19H,8H2,(H2,18,20). The molecule has 5 heteroatoms. The first kappa shape index (κ1) is 14.5. The quantitative estimate of drug-likeness (QED) is 0.910. The van der Waals surface area contributed by atoms with Gasteiger partial charge in [0.15, 0.2) is 0 Å². The first-order chi connectivity index (χ1) is 9.54. The van der Waals surface area contributed by atoms with Crippen LogP contribution in [0.4, 0.5) is 4.39 Å². The van der Waals surface area contributed by atoms with Crippen molar-refractivity contribution in [3.05, 3.63) is 70.0 Å². The van der Waals surface area contributed by atoms with Crippen LogP contribution in [0.5, 0.6) is 0 Å². The number of aliphatic hydroxyl groups excluding tert-OH is 1. The lowest BCUT2D eigenvalue weighted by Gasteiger charge is -2.17. The number of hydrogen-bond donors (Lipinski definition) is 2. The minimum atomic E-state index is -0.841. The van der Waals surface area contributed by atoms with Crippen LogP contribution in [-0.4, -0.2) is 17.6 Å². The van der Waals surface area contributed by atoms with Crippen molar-refractivity contribution >= 4 is 17.5 Å². The highest BCUT2D eigenvalue weighted by Gasteiger charge is 2.21. The highest BCUT2D eigenvalue weighted by Crippen LogP contribution is 2.29. The minimum Gasteiger partial charge on any atom is -0.395 e. The largest absolute Gasteiger partial charge is 0.395 e. The topological polar surface area (TPSA) is 63.3 Å². The van der Waals surface area contributed by atoms with Crippen LogP contribution in [0, 0.1) is 5.82 Å². The first-order valence-electron chi connectivity index (χ1n) is 5.99. The van der Waals surface area contributed by atoms with E-state index >= 15 is 0 Å². The molecule has 2 rings (SSSR count). The SMILES string of the molecule is NC(=O)c1cccc(C(CO)c2cccc(Cl)c2)c1F. The first-order valence-corrected chi connectivity index (χ1v) is 6.37. The van der Waals surface area contributed by atoms with Crippen molar-refractivity contribution < 1.29 is 14.3 Å². The summed E-state index contributed by atoms with van der Waals surface area (Å²) in [6.07, 6.45) is 0. The summed E-state index contributed by atoms with van der Waals surface area (Å²) in [5.74, 6) is -2.15. The maximum absolute atomic E-state index is 14.3. The molecule has 1 unspecified atom stereocenters. The van der Waals surface area contributed by atoms with Crippen LogP contribution in [0.3, 0.4) is 0 Å². The van der Waals surface area contributed by atoms with Gasteiger partial charge in [0.2, 0.25) is 0 Å². The zero-order chi connectivity index (χ0) is 14.7. The number of carbonyl (C=O) groups is 1. The summed E-state index contributed by atoms with van der Waals surface area (Å²) in [5, 5.41) is 10.0. The number of rotatable bonds is 4. The van der Waals surface area contributed by atoms with Crippen molar-refractivity contribution in [1.82, 2.24) is 0 Å². The molecular weight excluding hydrogens is 281 g/mol. The summed E-state index contributed by atoms with van der Waals surface area (Å²) in [7, 11) is 0. The zero-order valence-corrected chi connectivity index (χ0v) is 11.3. The van der Waals surface area contributed by atoms with Crippen LogP contribution < -0.4 is 5.73 Å². The van der Waals surface area contributed by atoms with Crippen LogP contribution >= 0.6 is 11.6 Å². The molecule has 0 saturated heterocycles. The molecule has 0 aliphatic carbocycles. The Hall–Kier alpha value is -1.91. The van der Waals surface area contributed by atoms with Crippen LogP contribution in [0.25, 0.3) is 0 Å². The van der Waals surface area contributed by atoms with Gasteiger partial charge in [-0.1, -0.05) is 35.9 Å². The molecule has 0 spiro atoms. The van der Waals surface area contributed by atoms with E-state index in [1.54, 1.807) is 24.3 Å². The molecule has 0 saturated carbocycles. The monoisotopic (exact) mass is 293 g/mol. The van der Waals surface area contributed by atoms with Gasteiger partial charge in [-0.2, -0.15) is 0 Å². The Labute approximate surface area is 120 Å². The molecule has 0 aromatic heterocycles. The Morgan fingerprint density at radius 2 is 2.00 bits per heavy atom. The number of nitrogens with two attached hydrogens (primary N) is 1. The lowest BCUT2D eigenvalue weighted by molar-refractivity contribution is 0.0996. The average Bonchev–Trinajstić information content (AvgIpc) is 2.41. The summed E-state index contributed by atoms with van der Waals surface area (Å²) >= 11 is 5.91. The number of aliphatic hydroxyl groups is 1. The Bertz CT molecular complexity index is 646. The molecule has 0 heterocycles. The van der Waals surface area contributed by atoms with E-state index in [0.29, 0.717) is 10.6 Å². The molecule has 0 radical (unpaired) electrons. The van der Waals surface area contributed by atoms with Crippen molar-refractivity contribution in [3.8, 4) is 0 Å². The molecule has 0 bridgehead atoms. The van der Waals surface area contributed by atoms with Crippen LogP contribution in [0.15, 0.2) is 42.5 Å². The molecule has 20 heavy (non-hydrogen) atoms. The summed E-state index contributed by atoms with van der Waals surface area (Å²) < 4.78 is 14.3. The van der Waals surface area contributed by atoms with Gasteiger partial charge < -0.3 is 10.8 Å². The van der Waals surface area contributed by atoms with Crippen molar-refractivity contribution in [1.29, 1.82) is 0 Å². The highest BCUT2D eigenvalue weighted by molar-refractivity contribution is 6.30. The molecule has 2 aromatic rings. The molecule has 1 atom stereocenters. The smallest absolute Gasteiger partial charge is 0.251 e. The van der Waals surface area contributed by atoms with Gasteiger partial charge in [-0.05, 0) is 29.3 Å². The van der Waals surface area contributed by atoms with Crippen molar-refractivity contribution in [2.75, 3.05) is 6.61 Å². The summed E-state index contributed by atoms with van der Waals surface area (Å²) in [4.78, 5) is 11.2. The second-order valence-corrected chi connectivity index (χ2v) is 4.80. The number of benzene rings is 2. The van der Waals surface area contributed by atoms with Gasteiger partial charge in [-0.3, -0.25) is 4.79 Å². The molecule has 2 aromatic carbocycles. The van der Waals surface area contributed by atoms with Crippen molar-refractivity contribution in [2.45, 2.75) is 5.92 Å². The van der Waals surface area contributed by atoms with Crippen LogP contribution in [-0.2, 0) is 0 Å². The van der Waals surface area contributed by atoms with Crippen molar-refractivity contribution in [2.24, 2.45) is 5.73 Å². The summed E-state index contributed by atoms with van der Waals surface area (Å²) in [6, 6.07) is 11.2. The van der Waals surface area contributed by atoms with Gasteiger partial charge in [0.05, 0.1) is 12.2 Å². The fourth-order valence-electron chi connectivity index (χ4n) is 2.12. The molecular formula is C15H13ClFNO2. The van der Waals surface area contributed by atoms with E-state index in [2.05, 4.69) is 0 Å². The number of primary amides is 1. The Balaban J connectivity index is 2.53. The van der Waals surface area contributed by atoms with Gasteiger partial charge >= 0.3 is 0 Å². The highest BCUT2D eigenvalue weighted by atomic mass is 35.5. The summed E-state index contributed by atoms with van der Waals surface area (Å²) in [5.41, 5.74) is 5.81. The maximum Gasteiger partial charge on any atom is 0.251 e. The third-order valence-electron chi connectivity index (χ3n) is 3.10.